The molecule has 0 bridgehead atoms. The molecule has 2 aromatic rings. The Bertz CT molecular complexity index is 641. The van der Waals surface area contributed by atoms with Crippen LogP contribution in [0.2, 0.25) is 10.0 Å². The van der Waals surface area contributed by atoms with Gasteiger partial charge in [-0.05, 0) is 23.6 Å². The van der Waals surface area contributed by atoms with Gasteiger partial charge < -0.3 is 9.84 Å². The van der Waals surface area contributed by atoms with Gasteiger partial charge in [0.2, 0.25) is 0 Å². The average molecular weight is 327 g/mol. The Hall–Kier alpha value is -1.18. The minimum Gasteiger partial charge on any atom is -0.488 e. The molecule has 0 aliphatic heterocycles. The lowest BCUT2D eigenvalue weighted by Gasteiger charge is -2.06. The molecule has 0 fully saturated rings. The summed E-state index contributed by atoms with van der Waals surface area (Å²) in [7, 11) is 0. The summed E-state index contributed by atoms with van der Waals surface area (Å²) < 4.78 is 5.68. The molecule has 5 heteroatoms. The van der Waals surface area contributed by atoms with E-state index < -0.39 is 0 Å². The quantitative estimate of drug-likeness (QED) is 0.845. The molecule has 0 spiro atoms. The standard InChI is InChI=1S/C15H12Cl2O2S/c16-13-5-4-12(9-14(13)17)19-10-15-11(6-8-20-15)3-1-2-7-18/h4-6,8-9,18H,2,7,10H2. The third-order valence-electron chi connectivity index (χ3n) is 2.47. The van der Waals surface area contributed by atoms with E-state index in [1.165, 1.54) is 0 Å². The Morgan fingerprint density at radius 3 is 2.80 bits per heavy atom. The largest absolute Gasteiger partial charge is 0.488 e. The van der Waals surface area contributed by atoms with E-state index in [9.17, 15) is 0 Å². The lowest BCUT2D eigenvalue weighted by molar-refractivity contribution is 0.305. The van der Waals surface area contributed by atoms with E-state index in [4.69, 9.17) is 33.0 Å². The number of benzene rings is 1. The van der Waals surface area contributed by atoms with Gasteiger partial charge in [-0.1, -0.05) is 35.0 Å². The summed E-state index contributed by atoms with van der Waals surface area (Å²) in [5, 5.41) is 11.7. The molecule has 1 aromatic heterocycles. The maximum Gasteiger partial charge on any atom is 0.124 e. The first kappa shape index (κ1) is 15.2. The van der Waals surface area contributed by atoms with Crippen LogP contribution >= 0.6 is 34.5 Å². The average Bonchev–Trinajstić information content (AvgIpc) is 2.88. The molecule has 104 valence electrons. The predicted octanol–water partition coefficient (Wildman–Crippen LogP) is 4.37. The van der Waals surface area contributed by atoms with Crippen molar-refractivity contribution in [2.75, 3.05) is 6.61 Å². The molecule has 0 radical (unpaired) electrons. The molecule has 1 aromatic carbocycles. The monoisotopic (exact) mass is 326 g/mol. The number of halogens is 2. The first-order valence-corrected chi connectivity index (χ1v) is 7.58. The van der Waals surface area contributed by atoms with Crippen LogP contribution in [0, 0.1) is 11.8 Å². The molecule has 1 N–H and O–H groups in total. The highest BCUT2D eigenvalue weighted by molar-refractivity contribution is 7.10. The predicted molar refractivity (Wildman–Crippen MR) is 83.7 cm³/mol. The van der Waals surface area contributed by atoms with Gasteiger partial charge in [0.1, 0.15) is 12.4 Å². The number of thiophene rings is 1. The van der Waals surface area contributed by atoms with Gasteiger partial charge in [-0.3, -0.25) is 0 Å². The van der Waals surface area contributed by atoms with E-state index >= 15 is 0 Å². The summed E-state index contributed by atoms with van der Waals surface area (Å²) in [6.07, 6.45) is 0.475. The number of hydrogen-bond donors (Lipinski definition) is 1. The van der Waals surface area contributed by atoms with Gasteiger partial charge >= 0.3 is 0 Å². The fraction of sp³-hybridized carbons (Fsp3) is 0.200. The molecule has 20 heavy (non-hydrogen) atoms. The molecular formula is C15H12Cl2O2S. The molecule has 0 saturated heterocycles. The lowest BCUT2D eigenvalue weighted by Crippen LogP contribution is -1.95. The smallest absolute Gasteiger partial charge is 0.124 e. The van der Waals surface area contributed by atoms with Crippen molar-refractivity contribution >= 4 is 34.5 Å². The van der Waals surface area contributed by atoms with E-state index in [0.29, 0.717) is 28.8 Å². The summed E-state index contributed by atoms with van der Waals surface area (Å²) in [6, 6.07) is 7.12. The highest BCUT2D eigenvalue weighted by Crippen LogP contribution is 2.27. The van der Waals surface area contributed by atoms with E-state index in [1.807, 2.05) is 11.4 Å². The van der Waals surface area contributed by atoms with Crippen molar-refractivity contribution in [1.82, 2.24) is 0 Å². The lowest BCUT2D eigenvalue weighted by atomic mass is 10.2. The summed E-state index contributed by atoms with van der Waals surface area (Å²) in [5.41, 5.74) is 0.934. The number of aliphatic hydroxyl groups excluding tert-OH is 1. The Balaban J connectivity index is 2.02. The molecule has 0 aliphatic rings. The van der Waals surface area contributed by atoms with Crippen LogP contribution in [0.25, 0.3) is 0 Å². The van der Waals surface area contributed by atoms with Crippen molar-refractivity contribution in [3.8, 4) is 17.6 Å². The van der Waals surface area contributed by atoms with Crippen LogP contribution in [0.4, 0.5) is 0 Å². The van der Waals surface area contributed by atoms with Crippen molar-refractivity contribution in [3.05, 3.63) is 50.1 Å². The van der Waals surface area contributed by atoms with Crippen LogP contribution < -0.4 is 4.74 Å². The fourth-order valence-electron chi connectivity index (χ4n) is 1.49. The zero-order chi connectivity index (χ0) is 14.4. The maximum atomic E-state index is 8.72. The topological polar surface area (TPSA) is 29.5 Å². The highest BCUT2D eigenvalue weighted by atomic mass is 35.5. The first-order valence-electron chi connectivity index (χ1n) is 5.94. The third-order valence-corrected chi connectivity index (χ3v) is 4.10. The Morgan fingerprint density at radius 1 is 1.20 bits per heavy atom. The third kappa shape index (κ3) is 4.16. The minimum absolute atomic E-state index is 0.0756. The summed E-state index contributed by atoms with van der Waals surface area (Å²) in [4.78, 5) is 1.04. The summed E-state index contributed by atoms with van der Waals surface area (Å²) in [5.74, 6) is 6.60. The van der Waals surface area contributed by atoms with Crippen LogP contribution in [-0.4, -0.2) is 11.7 Å². The van der Waals surface area contributed by atoms with Gasteiger partial charge in [0.15, 0.2) is 0 Å². The Morgan fingerprint density at radius 2 is 2.05 bits per heavy atom. The SMILES string of the molecule is OCCC#Cc1ccsc1COc1ccc(Cl)c(Cl)c1. The number of ether oxygens (including phenoxy) is 1. The highest BCUT2D eigenvalue weighted by Gasteiger charge is 2.05. The minimum atomic E-state index is 0.0756. The molecule has 0 saturated carbocycles. The number of aliphatic hydroxyl groups is 1. The van der Waals surface area contributed by atoms with Crippen molar-refractivity contribution < 1.29 is 9.84 Å². The van der Waals surface area contributed by atoms with Gasteiger partial charge in [-0.2, -0.15) is 0 Å². The number of rotatable bonds is 4. The van der Waals surface area contributed by atoms with Crippen LogP contribution in [0.5, 0.6) is 5.75 Å². The zero-order valence-electron chi connectivity index (χ0n) is 10.5. The molecule has 2 nitrogen and oxygen atoms in total. The van der Waals surface area contributed by atoms with Crippen LogP contribution in [0.1, 0.15) is 16.9 Å². The summed E-state index contributed by atoms with van der Waals surface area (Å²) in [6.45, 7) is 0.505. The maximum absolute atomic E-state index is 8.72. The molecule has 2 rings (SSSR count). The van der Waals surface area contributed by atoms with Gasteiger partial charge in [-0.25, -0.2) is 0 Å². The van der Waals surface area contributed by atoms with Gasteiger partial charge in [0.05, 0.1) is 21.5 Å². The van der Waals surface area contributed by atoms with E-state index in [-0.39, 0.29) is 6.61 Å². The molecule has 0 unspecified atom stereocenters. The van der Waals surface area contributed by atoms with E-state index in [1.54, 1.807) is 29.5 Å². The summed E-state index contributed by atoms with van der Waals surface area (Å²) >= 11 is 13.4. The van der Waals surface area contributed by atoms with Gasteiger partial charge in [-0.15, -0.1) is 11.3 Å². The van der Waals surface area contributed by atoms with Crippen LogP contribution in [-0.2, 0) is 6.61 Å². The number of hydrogen-bond acceptors (Lipinski definition) is 3. The second kappa shape index (κ2) is 7.56. The van der Waals surface area contributed by atoms with Crippen LogP contribution in [0.15, 0.2) is 29.6 Å². The Labute approximate surface area is 131 Å². The fourth-order valence-corrected chi connectivity index (χ4v) is 2.52. The molecular weight excluding hydrogens is 315 g/mol. The van der Waals surface area contributed by atoms with Gasteiger partial charge in [0.25, 0.3) is 0 Å². The van der Waals surface area contributed by atoms with Gasteiger partial charge in [0, 0.05) is 18.1 Å². The first-order chi connectivity index (χ1) is 9.70. The molecule has 1 heterocycles. The van der Waals surface area contributed by atoms with Crippen molar-refractivity contribution in [2.45, 2.75) is 13.0 Å². The molecule has 0 aliphatic carbocycles. The van der Waals surface area contributed by atoms with E-state index in [0.717, 1.165) is 10.4 Å². The molecule has 0 amide bonds. The normalized spacial score (nSPS) is 9.95. The Kier molecular flexibility index (Phi) is 5.75. The van der Waals surface area contributed by atoms with Crippen molar-refractivity contribution in [1.29, 1.82) is 0 Å². The zero-order valence-corrected chi connectivity index (χ0v) is 12.9. The second-order valence-electron chi connectivity index (χ2n) is 3.90. The molecule has 0 atom stereocenters. The van der Waals surface area contributed by atoms with E-state index in [2.05, 4.69) is 11.8 Å². The van der Waals surface area contributed by atoms with Crippen molar-refractivity contribution in [3.63, 3.8) is 0 Å². The van der Waals surface area contributed by atoms with Crippen LogP contribution in [0.3, 0.4) is 0 Å². The second-order valence-corrected chi connectivity index (χ2v) is 5.71. The van der Waals surface area contributed by atoms with Crippen molar-refractivity contribution in [2.24, 2.45) is 0 Å².